The van der Waals surface area contributed by atoms with Crippen molar-refractivity contribution in [2.24, 2.45) is 0 Å². The normalized spacial score (nSPS) is 11.8. The van der Waals surface area contributed by atoms with E-state index in [0.29, 0.717) is 31.6 Å². The van der Waals surface area contributed by atoms with Gasteiger partial charge in [-0.15, -0.1) is 23.2 Å². The van der Waals surface area contributed by atoms with E-state index in [4.69, 9.17) is 32.7 Å². The quantitative estimate of drug-likeness (QED) is 0.511. The van der Waals surface area contributed by atoms with Gasteiger partial charge in [0, 0.05) is 30.9 Å². The summed E-state index contributed by atoms with van der Waals surface area (Å²) in [5.74, 6) is 0.990. The smallest absolute Gasteiger partial charge is 0.0700 e. The highest BCUT2D eigenvalue weighted by Gasteiger charge is 2.31. The molecule has 0 saturated carbocycles. The molecule has 0 heterocycles. The zero-order valence-electron chi connectivity index (χ0n) is 11.6. The Morgan fingerprint density at radius 2 is 1.74 bits per heavy atom. The average Bonchev–Trinajstić information content (AvgIpc) is 2.44. The summed E-state index contributed by atoms with van der Waals surface area (Å²) in [4.78, 5) is 0. The van der Waals surface area contributed by atoms with Crippen LogP contribution in [-0.4, -0.2) is 38.7 Å². The molecule has 0 spiro atoms. The van der Waals surface area contributed by atoms with Gasteiger partial charge in [-0.25, -0.2) is 0 Å². The van der Waals surface area contributed by atoms with Gasteiger partial charge in [0.15, 0.2) is 0 Å². The van der Waals surface area contributed by atoms with Crippen molar-refractivity contribution in [1.29, 1.82) is 0 Å². The fourth-order valence-corrected chi connectivity index (χ4v) is 2.97. The van der Waals surface area contributed by atoms with Gasteiger partial charge >= 0.3 is 0 Å². The fraction of sp³-hybridized carbons (Fsp3) is 0.600. The van der Waals surface area contributed by atoms with E-state index in [2.05, 4.69) is 19.1 Å². The maximum Gasteiger partial charge on any atom is 0.0700 e. The molecule has 1 aromatic rings. The first kappa shape index (κ1) is 16.8. The number of hydrogen-bond acceptors (Lipinski definition) is 2. The van der Waals surface area contributed by atoms with Crippen molar-refractivity contribution < 1.29 is 9.47 Å². The first-order valence-corrected chi connectivity index (χ1v) is 7.52. The van der Waals surface area contributed by atoms with Crippen LogP contribution in [0, 0.1) is 6.92 Å². The number of methoxy groups -OCH3 is 1. The summed E-state index contributed by atoms with van der Waals surface area (Å²) in [5, 5.41) is 0. The molecule has 0 N–H and O–H groups in total. The zero-order chi connectivity index (χ0) is 14.1. The number of alkyl halides is 2. The van der Waals surface area contributed by atoms with Crippen LogP contribution in [0.25, 0.3) is 0 Å². The molecule has 0 aliphatic rings. The van der Waals surface area contributed by atoms with Gasteiger partial charge < -0.3 is 9.47 Å². The molecule has 1 rings (SSSR count). The lowest BCUT2D eigenvalue weighted by Crippen LogP contribution is -2.33. The molecule has 4 heteroatoms. The van der Waals surface area contributed by atoms with Crippen molar-refractivity contribution in [3.63, 3.8) is 0 Å². The largest absolute Gasteiger partial charge is 0.382 e. The Balaban J connectivity index is 2.71. The Bertz CT molecular complexity index is 365. The summed E-state index contributed by atoms with van der Waals surface area (Å²) in [5.41, 5.74) is 2.22. The molecule has 108 valence electrons. The van der Waals surface area contributed by atoms with E-state index in [1.807, 2.05) is 12.1 Å². The fourth-order valence-electron chi connectivity index (χ4n) is 2.13. The minimum Gasteiger partial charge on any atom is -0.382 e. The molecule has 0 aliphatic carbocycles. The van der Waals surface area contributed by atoms with Crippen LogP contribution in [-0.2, 0) is 14.9 Å². The maximum absolute atomic E-state index is 6.21. The molecule has 19 heavy (non-hydrogen) atoms. The summed E-state index contributed by atoms with van der Waals surface area (Å²) < 4.78 is 10.5. The third kappa shape index (κ3) is 4.64. The lowest BCUT2D eigenvalue weighted by molar-refractivity contribution is 0.0632. The lowest BCUT2D eigenvalue weighted by atomic mass is 9.79. The number of halogens is 2. The van der Waals surface area contributed by atoms with Gasteiger partial charge in [0.2, 0.25) is 0 Å². The molecular weight excluding hydrogens is 283 g/mol. The first-order valence-electron chi connectivity index (χ1n) is 6.45. The summed E-state index contributed by atoms with van der Waals surface area (Å²) in [6, 6.07) is 8.26. The molecule has 1 aromatic carbocycles. The zero-order valence-corrected chi connectivity index (χ0v) is 13.1. The summed E-state index contributed by atoms with van der Waals surface area (Å²) in [7, 11) is 1.67. The molecule has 0 bridgehead atoms. The molecule has 0 atom stereocenters. The van der Waals surface area contributed by atoms with E-state index < -0.39 is 0 Å². The third-order valence-electron chi connectivity index (χ3n) is 3.38. The number of aryl methyl sites for hydroxylation is 1. The number of hydrogen-bond donors (Lipinski definition) is 0. The number of ether oxygens (including phenoxy) is 2. The van der Waals surface area contributed by atoms with Gasteiger partial charge in [0.25, 0.3) is 0 Å². The number of rotatable bonds is 9. The molecule has 2 nitrogen and oxygen atoms in total. The van der Waals surface area contributed by atoms with Gasteiger partial charge in [-0.05, 0) is 24.5 Å². The van der Waals surface area contributed by atoms with Gasteiger partial charge in [-0.2, -0.15) is 0 Å². The summed E-state index contributed by atoms with van der Waals surface area (Å²) in [6.07, 6.45) is 0.814. The van der Waals surface area contributed by atoms with Crippen LogP contribution in [0.5, 0.6) is 0 Å². The van der Waals surface area contributed by atoms with Crippen LogP contribution in [0.2, 0.25) is 0 Å². The van der Waals surface area contributed by atoms with Crippen molar-refractivity contribution in [3.8, 4) is 0 Å². The van der Waals surface area contributed by atoms with Crippen molar-refractivity contribution in [2.75, 3.05) is 38.7 Å². The molecule has 0 amide bonds. The molecule has 0 aliphatic heterocycles. The van der Waals surface area contributed by atoms with Gasteiger partial charge in [-0.3, -0.25) is 0 Å². The van der Waals surface area contributed by atoms with Crippen LogP contribution >= 0.6 is 23.2 Å². The van der Waals surface area contributed by atoms with Gasteiger partial charge in [0.1, 0.15) is 0 Å². The topological polar surface area (TPSA) is 18.5 Å². The van der Waals surface area contributed by atoms with Crippen LogP contribution in [0.4, 0.5) is 0 Å². The number of benzene rings is 1. The Kier molecular flexibility index (Phi) is 7.77. The SMILES string of the molecule is COCCOCCC(CCl)(CCl)c1ccccc1C. The molecule has 0 radical (unpaired) electrons. The van der Waals surface area contributed by atoms with Crippen molar-refractivity contribution in [1.82, 2.24) is 0 Å². The van der Waals surface area contributed by atoms with E-state index in [-0.39, 0.29) is 5.41 Å². The Hall–Kier alpha value is -0.280. The molecule has 0 unspecified atom stereocenters. The van der Waals surface area contributed by atoms with Crippen molar-refractivity contribution in [2.45, 2.75) is 18.8 Å². The van der Waals surface area contributed by atoms with E-state index in [9.17, 15) is 0 Å². The first-order chi connectivity index (χ1) is 9.20. The Morgan fingerprint density at radius 3 is 2.32 bits per heavy atom. The van der Waals surface area contributed by atoms with E-state index in [1.165, 1.54) is 11.1 Å². The van der Waals surface area contributed by atoms with Crippen LogP contribution < -0.4 is 0 Å². The van der Waals surface area contributed by atoms with Gasteiger partial charge in [-0.1, -0.05) is 24.3 Å². The second-order valence-electron chi connectivity index (χ2n) is 4.72. The minimum atomic E-state index is -0.221. The third-order valence-corrected chi connectivity index (χ3v) is 4.41. The Morgan fingerprint density at radius 1 is 1.05 bits per heavy atom. The second kappa shape index (κ2) is 8.80. The molecule has 0 aromatic heterocycles. The second-order valence-corrected chi connectivity index (χ2v) is 5.25. The van der Waals surface area contributed by atoms with Crippen LogP contribution in [0.3, 0.4) is 0 Å². The molecular formula is C15H22Cl2O2. The highest BCUT2D eigenvalue weighted by molar-refractivity contribution is 6.22. The van der Waals surface area contributed by atoms with Gasteiger partial charge in [0.05, 0.1) is 13.2 Å². The molecule has 0 fully saturated rings. The van der Waals surface area contributed by atoms with Crippen LogP contribution in [0.15, 0.2) is 24.3 Å². The predicted molar refractivity (Wildman–Crippen MR) is 81.6 cm³/mol. The summed E-state index contributed by atoms with van der Waals surface area (Å²) in [6.45, 7) is 3.94. The van der Waals surface area contributed by atoms with Crippen molar-refractivity contribution >= 4 is 23.2 Å². The minimum absolute atomic E-state index is 0.221. The van der Waals surface area contributed by atoms with E-state index in [0.717, 1.165) is 6.42 Å². The highest BCUT2D eigenvalue weighted by Crippen LogP contribution is 2.33. The predicted octanol–water partition coefficient (Wildman–Crippen LogP) is 3.76. The average molecular weight is 305 g/mol. The monoisotopic (exact) mass is 304 g/mol. The Labute approximate surface area is 126 Å². The maximum atomic E-state index is 6.21. The summed E-state index contributed by atoms with van der Waals surface area (Å²) >= 11 is 12.4. The molecule has 0 saturated heterocycles. The van der Waals surface area contributed by atoms with E-state index in [1.54, 1.807) is 7.11 Å². The highest BCUT2D eigenvalue weighted by atomic mass is 35.5. The lowest BCUT2D eigenvalue weighted by Gasteiger charge is -2.31. The van der Waals surface area contributed by atoms with Crippen molar-refractivity contribution in [3.05, 3.63) is 35.4 Å². The van der Waals surface area contributed by atoms with Crippen LogP contribution in [0.1, 0.15) is 17.5 Å². The standard InChI is InChI=1S/C15H22Cl2O2/c1-13-5-3-4-6-14(13)15(11-16,12-17)7-8-19-10-9-18-2/h3-6H,7-12H2,1-2H3. The van der Waals surface area contributed by atoms with E-state index >= 15 is 0 Å².